The summed E-state index contributed by atoms with van der Waals surface area (Å²) in [5.74, 6) is -1.00. The Morgan fingerprint density at radius 3 is 2.14 bits per heavy atom. The normalized spacial score (nSPS) is 13.8. The quantitative estimate of drug-likeness (QED) is 0.812. The van der Waals surface area contributed by atoms with E-state index in [1.807, 2.05) is 38.1 Å². The number of aryl methyl sites for hydroxylation is 1. The molecular weight excluding hydrogens is 266 g/mol. The zero-order chi connectivity index (χ0) is 16.0. The molecular formula is C17H25NO3. The third-order valence-corrected chi connectivity index (χ3v) is 4.01. The van der Waals surface area contributed by atoms with Gasteiger partial charge in [-0.15, -0.1) is 0 Å². The summed E-state index contributed by atoms with van der Waals surface area (Å²) in [6, 6.07) is 7.92. The van der Waals surface area contributed by atoms with Crippen LogP contribution in [-0.4, -0.2) is 22.5 Å². The SMILES string of the molecule is CCc1ccc(CC(=O)NC(C)(CC(=O)O)C(C)C)cc1. The molecule has 2 N–H and O–H groups in total. The molecule has 1 amide bonds. The zero-order valence-corrected chi connectivity index (χ0v) is 13.3. The van der Waals surface area contributed by atoms with Crippen molar-refractivity contribution in [2.75, 3.05) is 0 Å². The maximum absolute atomic E-state index is 12.2. The third-order valence-electron chi connectivity index (χ3n) is 4.01. The van der Waals surface area contributed by atoms with Gasteiger partial charge in [0.05, 0.1) is 12.8 Å². The molecule has 0 saturated heterocycles. The van der Waals surface area contributed by atoms with Crippen LogP contribution in [0.3, 0.4) is 0 Å². The summed E-state index contributed by atoms with van der Waals surface area (Å²) in [5, 5.41) is 11.9. The van der Waals surface area contributed by atoms with Gasteiger partial charge in [-0.2, -0.15) is 0 Å². The number of aliphatic carboxylic acids is 1. The van der Waals surface area contributed by atoms with Gasteiger partial charge in [0.25, 0.3) is 0 Å². The minimum absolute atomic E-state index is 0.0417. The molecule has 0 aromatic heterocycles. The second-order valence-electron chi connectivity index (χ2n) is 6.04. The van der Waals surface area contributed by atoms with Crippen LogP contribution in [0.25, 0.3) is 0 Å². The van der Waals surface area contributed by atoms with Gasteiger partial charge in [0.1, 0.15) is 0 Å². The van der Waals surface area contributed by atoms with Gasteiger partial charge in [-0.3, -0.25) is 9.59 Å². The molecule has 0 saturated carbocycles. The summed E-state index contributed by atoms with van der Waals surface area (Å²) >= 11 is 0. The number of nitrogens with one attached hydrogen (secondary N) is 1. The number of carbonyl (C=O) groups excluding carboxylic acids is 1. The fraction of sp³-hybridized carbons (Fsp3) is 0.529. The van der Waals surface area contributed by atoms with Crippen molar-refractivity contribution >= 4 is 11.9 Å². The van der Waals surface area contributed by atoms with Gasteiger partial charge in [0.15, 0.2) is 0 Å². The van der Waals surface area contributed by atoms with Gasteiger partial charge in [0, 0.05) is 5.54 Å². The molecule has 1 aromatic carbocycles. The van der Waals surface area contributed by atoms with Gasteiger partial charge in [-0.1, -0.05) is 45.0 Å². The number of benzene rings is 1. The molecule has 4 nitrogen and oxygen atoms in total. The first-order valence-electron chi connectivity index (χ1n) is 7.37. The van der Waals surface area contributed by atoms with Gasteiger partial charge in [0.2, 0.25) is 5.91 Å². The van der Waals surface area contributed by atoms with Gasteiger partial charge < -0.3 is 10.4 Å². The predicted octanol–water partition coefficient (Wildman–Crippen LogP) is 2.80. The van der Waals surface area contributed by atoms with E-state index in [0.717, 1.165) is 12.0 Å². The fourth-order valence-electron chi connectivity index (χ4n) is 2.15. The van der Waals surface area contributed by atoms with Crippen molar-refractivity contribution in [1.29, 1.82) is 0 Å². The average Bonchev–Trinajstić information content (AvgIpc) is 2.38. The van der Waals surface area contributed by atoms with Crippen LogP contribution >= 0.6 is 0 Å². The van der Waals surface area contributed by atoms with Crippen LogP contribution in [0.2, 0.25) is 0 Å². The number of hydrogen-bond donors (Lipinski definition) is 2. The first-order chi connectivity index (χ1) is 9.76. The van der Waals surface area contributed by atoms with Crippen molar-refractivity contribution in [3.05, 3.63) is 35.4 Å². The van der Waals surface area contributed by atoms with E-state index in [-0.39, 0.29) is 24.7 Å². The molecule has 4 heteroatoms. The lowest BCUT2D eigenvalue weighted by Crippen LogP contribution is -2.51. The Labute approximate surface area is 126 Å². The molecule has 1 atom stereocenters. The summed E-state index contributed by atoms with van der Waals surface area (Å²) in [6.45, 7) is 7.70. The standard InChI is InChI=1S/C17H25NO3/c1-5-13-6-8-14(9-7-13)10-15(19)18-17(4,12(2)3)11-16(20)21/h6-9,12H,5,10-11H2,1-4H3,(H,18,19)(H,20,21). The fourth-order valence-corrected chi connectivity index (χ4v) is 2.15. The van der Waals surface area contributed by atoms with E-state index >= 15 is 0 Å². The lowest BCUT2D eigenvalue weighted by atomic mass is 9.85. The number of carboxylic acids is 1. The van der Waals surface area contributed by atoms with Crippen LogP contribution in [-0.2, 0) is 22.4 Å². The van der Waals surface area contributed by atoms with Crippen molar-refractivity contribution < 1.29 is 14.7 Å². The van der Waals surface area contributed by atoms with E-state index < -0.39 is 11.5 Å². The molecule has 21 heavy (non-hydrogen) atoms. The number of carboxylic acid groups (broad SMARTS) is 1. The highest BCUT2D eigenvalue weighted by molar-refractivity contribution is 5.80. The first kappa shape index (κ1) is 17.2. The molecule has 1 unspecified atom stereocenters. The Bertz CT molecular complexity index is 493. The van der Waals surface area contributed by atoms with Crippen LogP contribution in [0.15, 0.2) is 24.3 Å². The molecule has 1 rings (SSSR count). The van der Waals surface area contributed by atoms with Crippen LogP contribution in [0, 0.1) is 5.92 Å². The Kier molecular flexibility index (Phi) is 5.94. The lowest BCUT2D eigenvalue weighted by Gasteiger charge is -2.33. The van der Waals surface area contributed by atoms with Crippen molar-refractivity contribution in [3.63, 3.8) is 0 Å². The predicted molar refractivity (Wildman–Crippen MR) is 83.2 cm³/mol. The minimum Gasteiger partial charge on any atom is -0.481 e. The molecule has 0 spiro atoms. The summed E-state index contributed by atoms with van der Waals surface area (Å²) < 4.78 is 0. The maximum Gasteiger partial charge on any atom is 0.305 e. The molecule has 0 radical (unpaired) electrons. The van der Waals surface area contributed by atoms with E-state index in [1.165, 1.54) is 5.56 Å². The Morgan fingerprint density at radius 1 is 1.19 bits per heavy atom. The highest BCUT2D eigenvalue weighted by Gasteiger charge is 2.32. The molecule has 116 valence electrons. The van der Waals surface area contributed by atoms with Crippen molar-refractivity contribution in [2.24, 2.45) is 5.92 Å². The van der Waals surface area contributed by atoms with Crippen molar-refractivity contribution in [1.82, 2.24) is 5.32 Å². The second-order valence-corrected chi connectivity index (χ2v) is 6.04. The Morgan fingerprint density at radius 2 is 1.71 bits per heavy atom. The molecule has 1 aromatic rings. The third kappa shape index (κ3) is 5.21. The molecule has 0 heterocycles. The number of rotatable bonds is 7. The molecule has 0 bridgehead atoms. The van der Waals surface area contributed by atoms with E-state index in [0.29, 0.717) is 0 Å². The number of carbonyl (C=O) groups is 2. The van der Waals surface area contributed by atoms with Gasteiger partial charge >= 0.3 is 5.97 Å². The number of hydrogen-bond acceptors (Lipinski definition) is 2. The highest BCUT2D eigenvalue weighted by Crippen LogP contribution is 2.21. The molecule has 0 aliphatic carbocycles. The maximum atomic E-state index is 12.2. The van der Waals surface area contributed by atoms with E-state index in [1.54, 1.807) is 6.92 Å². The summed E-state index contributed by atoms with van der Waals surface area (Å²) in [4.78, 5) is 23.1. The molecule has 0 fully saturated rings. The molecule has 0 aliphatic rings. The van der Waals surface area contributed by atoms with E-state index in [4.69, 9.17) is 5.11 Å². The summed E-state index contributed by atoms with van der Waals surface area (Å²) in [7, 11) is 0. The second kappa shape index (κ2) is 7.25. The van der Waals surface area contributed by atoms with Gasteiger partial charge in [-0.05, 0) is 30.4 Å². The van der Waals surface area contributed by atoms with Crippen molar-refractivity contribution in [2.45, 2.75) is 52.5 Å². The van der Waals surface area contributed by atoms with Gasteiger partial charge in [-0.25, -0.2) is 0 Å². The monoisotopic (exact) mass is 291 g/mol. The molecule has 0 aliphatic heterocycles. The Hall–Kier alpha value is -1.84. The first-order valence-corrected chi connectivity index (χ1v) is 7.37. The van der Waals surface area contributed by atoms with Crippen LogP contribution in [0.1, 0.15) is 45.2 Å². The van der Waals surface area contributed by atoms with Crippen LogP contribution in [0.5, 0.6) is 0 Å². The average molecular weight is 291 g/mol. The smallest absolute Gasteiger partial charge is 0.305 e. The van der Waals surface area contributed by atoms with Crippen LogP contribution in [0.4, 0.5) is 0 Å². The Balaban J connectivity index is 2.71. The van der Waals surface area contributed by atoms with Crippen LogP contribution < -0.4 is 5.32 Å². The number of amides is 1. The highest BCUT2D eigenvalue weighted by atomic mass is 16.4. The lowest BCUT2D eigenvalue weighted by molar-refractivity contribution is -0.139. The minimum atomic E-state index is -0.904. The summed E-state index contributed by atoms with van der Waals surface area (Å²) in [6.07, 6.45) is 1.16. The topological polar surface area (TPSA) is 66.4 Å². The van der Waals surface area contributed by atoms with Crippen molar-refractivity contribution in [3.8, 4) is 0 Å². The summed E-state index contributed by atoms with van der Waals surface area (Å²) in [5.41, 5.74) is 1.44. The largest absolute Gasteiger partial charge is 0.481 e. The van der Waals surface area contributed by atoms with E-state index in [9.17, 15) is 9.59 Å². The van der Waals surface area contributed by atoms with E-state index in [2.05, 4.69) is 12.2 Å². The zero-order valence-electron chi connectivity index (χ0n) is 13.3.